The lowest BCUT2D eigenvalue weighted by Crippen LogP contribution is -2.20. The average molecular weight is 460 g/mol. The third-order valence-electron chi connectivity index (χ3n) is 5.64. The van der Waals surface area contributed by atoms with Crippen LogP contribution in [0.4, 0.5) is 0 Å². The molecule has 5 aromatic rings. The highest BCUT2D eigenvalue weighted by Gasteiger charge is 2.33. The molecule has 0 saturated heterocycles. The van der Waals surface area contributed by atoms with Crippen LogP contribution in [0.5, 0.6) is 0 Å². The number of rotatable bonds is 5. The molecule has 6 nitrogen and oxygen atoms in total. The van der Waals surface area contributed by atoms with Gasteiger partial charge in [0.15, 0.2) is 6.10 Å². The van der Waals surface area contributed by atoms with Crippen LogP contribution < -0.4 is 0 Å². The Morgan fingerprint density at radius 1 is 1.03 bits per heavy atom. The van der Waals surface area contributed by atoms with Gasteiger partial charge in [-0.15, -0.1) is 0 Å². The fourth-order valence-electron chi connectivity index (χ4n) is 4.12. The molecule has 0 fully saturated rings. The number of benzene rings is 3. The number of fused-ring (bicyclic) bond motifs is 2. The third kappa shape index (κ3) is 3.33. The van der Waals surface area contributed by atoms with E-state index in [2.05, 4.69) is 5.87 Å². The number of furan rings is 1. The van der Waals surface area contributed by atoms with Crippen molar-refractivity contribution in [1.82, 2.24) is 3.97 Å². The van der Waals surface area contributed by atoms with Crippen molar-refractivity contribution in [2.24, 2.45) is 0 Å². The maximum absolute atomic E-state index is 14.2. The van der Waals surface area contributed by atoms with Crippen molar-refractivity contribution in [3.8, 4) is 0 Å². The lowest BCUT2D eigenvalue weighted by molar-refractivity contribution is 0.0596. The number of hydrogen-bond acceptors (Lipinski definition) is 5. The summed E-state index contributed by atoms with van der Waals surface area (Å²) in [5.41, 5.74) is 1.30. The van der Waals surface area contributed by atoms with Crippen LogP contribution in [0, 0.1) is 0 Å². The molecule has 1 N–H and O–H groups in total. The van der Waals surface area contributed by atoms with Crippen LogP contribution in [0.2, 0.25) is 0 Å². The van der Waals surface area contributed by atoms with E-state index in [0.717, 1.165) is 5.39 Å². The van der Waals surface area contributed by atoms with Gasteiger partial charge < -0.3 is 14.3 Å². The van der Waals surface area contributed by atoms with Gasteiger partial charge in [0, 0.05) is 15.7 Å². The minimum absolute atomic E-state index is 0.103. The molecule has 7 heteroatoms. The van der Waals surface area contributed by atoms with Gasteiger partial charge in [-0.05, 0) is 36.2 Å². The molecule has 0 aliphatic heterocycles. The molecule has 0 aliphatic rings. The van der Waals surface area contributed by atoms with Gasteiger partial charge in [-0.3, -0.25) is 3.97 Å². The van der Waals surface area contributed by atoms with Crippen LogP contribution in [0.15, 0.2) is 94.2 Å². The van der Waals surface area contributed by atoms with Crippen LogP contribution in [0.1, 0.15) is 27.9 Å². The number of methoxy groups -OCH3 is 1. The van der Waals surface area contributed by atoms with E-state index in [1.807, 2.05) is 24.3 Å². The highest BCUT2D eigenvalue weighted by atomic mass is 32.2. The lowest BCUT2D eigenvalue weighted by Gasteiger charge is -2.19. The number of aromatic nitrogens is 1. The zero-order chi connectivity index (χ0) is 23.2. The van der Waals surface area contributed by atoms with Crippen molar-refractivity contribution in [2.45, 2.75) is 11.0 Å². The van der Waals surface area contributed by atoms with Gasteiger partial charge >= 0.3 is 5.97 Å². The van der Waals surface area contributed by atoms with Gasteiger partial charge in [0.25, 0.3) is 0 Å². The molecule has 3 aromatic carbocycles. The summed E-state index contributed by atoms with van der Waals surface area (Å²) >= 11 is 0. The molecule has 5 rings (SSSR count). The minimum atomic E-state index is -3.19. The van der Waals surface area contributed by atoms with Crippen molar-refractivity contribution >= 4 is 43.4 Å². The zero-order valence-corrected chi connectivity index (χ0v) is 18.6. The van der Waals surface area contributed by atoms with Gasteiger partial charge in [0.05, 0.1) is 33.6 Å². The standard InChI is InChI=1S/C26H21NO5S/c1-31-26(29)23-19-13-7-8-14-20(19)27(33(2,30)18-11-4-3-5-12-18)24(23)25(28)22-16-17-10-6-9-15-21(17)32-22/h3-16,25,28H,2H2,1H3. The van der Waals surface area contributed by atoms with E-state index in [4.69, 9.17) is 9.15 Å². The second kappa shape index (κ2) is 7.95. The van der Waals surface area contributed by atoms with Gasteiger partial charge in [0.2, 0.25) is 0 Å². The number of aliphatic hydroxyl groups is 1. The molecule has 33 heavy (non-hydrogen) atoms. The van der Waals surface area contributed by atoms with Crippen molar-refractivity contribution < 1.29 is 23.3 Å². The predicted octanol–water partition coefficient (Wildman–Crippen LogP) is 4.79. The molecule has 0 bridgehead atoms. The Morgan fingerprint density at radius 3 is 2.42 bits per heavy atom. The number of carbonyl (C=O) groups is 1. The Bertz CT molecular complexity index is 1560. The molecule has 2 atom stereocenters. The summed E-state index contributed by atoms with van der Waals surface area (Å²) in [6.45, 7) is 0. The van der Waals surface area contributed by atoms with E-state index in [-0.39, 0.29) is 17.0 Å². The molecule has 2 unspecified atom stereocenters. The normalized spacial score (nSPS) is 14.2. The number of aliphatic hydroxyl groups excluding tert-OH is 1. The molecule has 0 amide bonds. The second-order valence-electron chi connectivity index (χ2n) is 7.61. The van der Waals surface area contributed by atoms with Crippen molar-refractivity contribution in [3.05, 3.63) is 102 Å². The molecule has 0 aliphatic carbocycles. The number of hydrogen-bond donors (Lipinski definition) is 1. The summed E-state index contributed by atoms with van der Waals surface area (Å²) in [5.74, 6) is 3.60. The molecule has 2 heterocycles. The first-order valence-electron chi connectivity index (χ1n) is 10.2. The average Bonchev–Trinajstić information content (AvgIpc) is 3.43. The number of nitrogens with zero attached hydrogens (tertiary/aromatic N) is 1. The Labute approximate surface area is 190 Å². The van der Waals surface area contributed by atoms with Gasteiger partial charge in [-0.1, -0.05) is 54.6 Å². The summed E-state index contributed by atoms with van der Waals surface area (Å²) in [5, 5.41) is 12.8. The SMILES string of the molecule is C=S(=O)(c1ccccc1)n1c(C(O)c2cc3ccccc3o2)c(C(=O)OC)c2ccccc21. The molecule has 2 aromatic heterocycles. The molecule has 0 spiro atoms. The van der Waals surface area contributed by atoms with E-state index in [1.165, 1.54) is 11.1 Å². The van der Waals surface area contributed by atoms with E-state index in [9.17, 15) is 14.1 Å². The number of ether oxygens (including phenoxy) is 1. The summed E-state index contributed by atoms with van der Waals surface area (Å²) in [4.78, 5) is 13.4. The molecule has 0 saturated carbocycles. The minimum Gasteiger partial charge on any atom is -0.465 e. The van der Waals surface area contributed by atoms with Gasteiger partial charge in [0.1, 0.15) is 11.3 Å². The van der Waals surface area contributed by atoms with Crippen LogP contribution in [-0.2, 0) is 14.4 Å². The van der Waals surface area contributed by atoms with Crippen LogP contribution in [0.3, 0.4) is 0 Å². The fourth-order valence-corrected chi connectivity index (χ4v) is 5.90. The summed E-state index contributed by atoms with van der Waals surface area (Å²) < 4.78 is 26.6. The van der Waals surface area contributed by atoms with Crippen molar-refractivity contribution in [1.29, 1.82) is 0 Å². The monoisotopic (exact) mass is 459 g/mol. The van der Waals surface area contributed by atoms with E-state index >= 15 is 0 Å². The maximum atomic E-state index is 14.2. The van der Waals surface area contributed by atoms with Crippen molar-refractivity contribution in [3.63, 3.8) is 0 Å². The Kier molecular flexibility index (Phi) is 5.08. The highest BCUT2D eigenvalue weighted by molar-refractivity contribution is 7.99. The summed E-state index contributed by atoms with van der Waals surface area (Å²) in [6, 6.07) is 24.8. The topological polar surface area (TPSA) is 81.7 Å². The first-order chi connectivity index (χ1) is 15.9. The summed E-state index contributed by atoms with van der Waals surface area (Å²) in [6.07, 6.45) is -1.40. The van der Waals surface area contributed by atoms with Crippen LogP contribution >= 0.6 is 0 Å². The number of carbonyl (C=O) groups excluding carboxylic acids is 1. The van der Waals surface area contributed by atoms with E-state index < -0.39 is 21.8 Å². The lowest BCUT2D eigenvalue weighted by atomic mass is 10.1. The second-order valence-corrected chi connectivity index (χ2v) is 9.72. The highest BCUT2D eigenvalue weighted by Crippen LogP contribution is 2.38. The fraction of sp³-hybridized carbons (Fsp3) is 0.0769. The van der Waals surface area contributed by atoms with Gasteiger partial charge in [-0.25, -0.2) is 9.00 Å². The van der Waals surface area contributed by atoms with E-state index in [1.54, 1.807) is 60.7 Å². The number of esters is 1. The predicted molar refractivity (Wildman–Crippen MR) is 129 cm³/mol. The third-order valence-corrected chi connectivity index (χ3v) is 7.63. The largest absolute Gasteiger partial charge is 0.465 e. The van der Waals surface area contributed by atoms with Crippen LogP contribution in [-0.4, -0.2) is 32.2 Å². The first-order valence-corrected chi connectivity index (χ1v) is 11.9. The smallest absolute Gasteiger partial charge is 0.340 e. The van der Waals surface area contributed by atoms with Crippen LogP contribution in [0.25, 0.3) is 21.9 Å². The zero-order valence-electron chi connectivity index (χ0n) is 17.8. The molecular weight excluding hydrogens is 438 g/mol. The maximum Gasteiger partial charge on any atom is 0.340 e. The Hall–Kier alpha value is -3.81. The van der Waals surface area contributed by atoms with Crippen molar-refractivity contribution in [2.75, 3.05) is 7.11 Å². The van der Waals surface area contributed by atoms with E-state index in [0.29, 0.717) is 21.4 Å². The molecule has 166 valence electrons. The molecule has 0 radical (unpaired) electrons. The van der Waals surface area contributed by atoms with Gasteiger partial charge in [-0.2, -0.15) is 0 Å². The number of para-hydroxylation sites is 2. The Balaban J connectivity index is 1.86. The quantitative estimate of drug-likeness (QED) is 0.302. The molecular formula is C26H21NO5S. The first kappa shape index (κ1) is 21.1. The Morgan fingerprint density at radius 2 is 1.70 bits per heavy atom. The summed E-state index contributed by atoms with van der Waals surface area (Å²) in [7, 11) is -1.92.